The molecule has 1 heterocycles. The van der Waals surface area contributed by atoms with Gasteiger partial charge in [0, 0.05) is 30.9 Å². The lowest BCUT2D eigenvalue weighted by Crippen LogP contribution is -2.43. The lowest BCUT2D eigenvalue weighted by Gasteiger charge is -2.37. The topological polar surface area (TPSA) is 15.3 Å². The van der Waals surface area contributed by atoms with Crippen LogP contribution in [0.15, 0.2) is 18.2 Å². The van der Waals surface area contributed by atoms with E-state index in [4.69, 9.17) is 0 Å². The zero-order valence-electron chi connectivity index (χ0n) is 10.2. The van der Waals surface area contributed by atoms with E-state index < -0.39 is 0 Å². The summed E-state index contributed by atoms with van der Waals surface area (Å²) < 4.78 is 13.3. The molecule has 1 aliphatic rings. The quantitative estimate of drug-likeness (QED) is 0.725. The number of halogens is 1. The van der Waals surface area contributed by atoms with Crippen molar-refractivity contribution in [1.29, 1.82) is 0 Å². The van der Waals surface area contributed by atoms with E-state index in [1.165, 1.54) is 11.6 Å². The molecule has 0 saturated carbocycles. The van der Waals surface area contributed by atoms with Crippen LogP contribution in [0.2, 0.25) is 0 Å². The minimum absolute atomic E-state index is 0.0224. The average Bonchev–Trinajstić information content (AvgIpc) is 2.38. The molecule has 0 fully saturated rings. The summed E-state index contributed by atoms with van der Waals surface area (Å²) in [7, 11) is 0. The van der Waals surface area contributed by atoms with E-state index in [1.807, 2.05) is 6.07 Å². The fourth-order valence-electron chi connectivity index (χ4n) is 2.17. The molecule has 0 aliphatic carbocycles. The van der Waals surface area contributed by atoms with Crippen LogP contribution >= 0.6 is 0 Å². The first-order chi connectivity index (χ1) is 7.48. The second-order valence-corrected chi connectivity index (χ2v) is 5.27. The molecule has 2 nitrogen and oxygen atoms in total. The normalized spacial score (nSPS) is 16.9. The van der Waals surface area contributed by atoms with Crippen molar-refractivity contribution >= 4 is 5.69 Å². The summed E-state index contributed by atoms with van der Waals surface area (Å²) in [6, 6.07) is 5.06. The van der Waals surface area contributed by atoms with Crippen LogP contribution in [0.3, 0.4) is 0 Å². The van der Waals surface area contributed by atoms with Crippen LogP contribution in [0.5, 0.6) is 0 Å². The van der Waals surface area contributed by atoms with Gasteiger partial charge in [0.2, 0.25) is 0 Å². The molecule has 0 bridgehead atoms. The fraction of sp³-hybridized carbons (Fsp3) is 0.538. The van der Waals surface area contributed by atoms with Crippen molar-refractivity contribution in [2.24, 2.45) is 0 Å². The second kappa shape index (κ2) is 4.06. The largest absolute Gasteiger partial charge is 0.365 e. The zero-order chi connectivity index (χ0) is 11.8. The minimum Gasteiger partial charge on any atom is -0.365 e. The average molecular weight is 222 g/mol. The van der Waals surface area contributed by atoms with Gasteiger partial charge in [0.15, 0.2) is 0 Å². The minimum atomic E-state index is -0.157. The van der Waals surface area contributed by atoms with Crippen molar-refractivity contribution in [2.45, 2.75) is 32.9 Å². The maximum atomic E-state index is 13.3. The highest BCUT2D eigenvalue weighted by molar-refractivity contribution is 5.56. The molecule has 88 valence electrons. The summed E-state index contributed by atoms with van der Waals surface area (Å²) in [6.07, 6.45) is 0. The monoisotopic (exact) mass is 222 g/mol. The molecule has 2 rings (SSSR count). The number of hydrogen-bond donors (Lipinski definition) is 1. The fourth-order valence-corrected chi connectivity index (χ4v) is 2.17. The molecule has 0 spiro atoms. The predicted octanol–water partition coefficient (Wildman–Crippen LogP) is 2.53. The molecular formula is C13H19FN2. The molecule has 0 atom stereocenters. The standard InChI is InChI=1S/C13H19FN2/c1-13(2,3)16-7-6-15-9-10-4-5-11(14)8-12(10)16/h4-5,8,15H,6-7,9H2,1-3H3. The smallest absolute Gasteiger partial charge is 0.125 e. The number of hydrogen-bond acceptors (Lipinski definition) is 2. The number of nitrogens with one attached hydrogen (secondary N) is 1. The van der Waals surface area contributed by atoms with E-state index in [1.54, 1.807) is 6.07 Å². The maximum absolute atomic E-state index is 13.3. The lowest BCUT2D eigenvalue weighted by molar-refractivity contribution is 0.500. The third-order valence-corrected chi connectivity index (χ3v) is 2.98. The Hall–Kier alpha value is -1.09. The molecule has 0 saturated heterocycles. The highest BCUT2D eigenvalue weighted by Crippen LogP contribution is 2.29. The summed E-state index contributed by atoms with van der Waals surface area (Å²) >= 11 is 0. The van der Waals surface area contributed by atoms with Crippen LogP contribution in [0, 0.1) is 5.82 Å². The van der Waals surface area contributed by atoms with E-state index in [2.05, 4.69) is 31.0 Å². The van der Waals surface area contributed by atoms with Crippen LogP contribution in [0.25, 0.3) is 0 Å². The van der Waals surface area contributed by atoms with E-state index in [-0.39, 0.29) is 11.4 Å². The molecule has 0 amide bonds. The Morgan fingerprint density at radius 3 is 2.75 bits per heavy atom. The van der Waals surface area contributed by atoms with E-state index in [0.717, 1.165) is 25.3 Å². The van der Waals surface area contributed by atoms with E-state index in [0.29, 0.717) is 0 Å². The van der Waals surface area contributed by atoms with Crippen molar-refractivity contribution in [3.8, 4) is 0 Å². The Balaban J connectivity index is 2.47. The summed E-state index contributed by atoms with van der Waals surface area (Å²) in [4.78, 5) is 2.27. The first kappa shape index (κ1) is 11.4. The Morgan fingerprint density at radius 2 is 2.06 bits per heavy atom. The Labute approximate surface area is 96.5 Å². The van der Waals surface area contributed by atoms with E-state index >= 15 is 0 Å². The van der Waals surface area contributed by atoms with Gasteiger partial charge in [0.05, 0.1) is 0 Å². The van der Waals surface area contributed by atoms with Gasteiger partial charge in [-0.3, -0.25) is 0 Å². The third-order valence-electron chi connectivity index (χ3n) is 2.98. The predicted molar refractivity (Wildman–Crippen MR) is 65.2 cm³/mol. The van der Waals surface area contributed by atoms with E-state index in [9.17, 15) is 4.39 Å². The van der Waals surface area contributed by atoms with Crippen LogP contribution in [-0.4, -0.2) is 18.6 Å². The molecule has 1 aromatic rings. The van der Waals surface area contributed by atoms with Crippen LogP contribution in [0.1, 0.15) is 26.3 Å². The van der Waals surface area contributed by atoms with Crippen molar-refractivity contribution in [3.05, 3.63) is 29.6 Å². The number of nitrogens with zero attached hydrogens (tertiary/aromatic N) is 1. The van der Waals surface area contributed by atoms with Crippen LogP contribution in [-0.2, 0) is 6.54 Å². The van der Waals surface area contributed by atoms with Crippen molar-refractivity contribution < 1.29 is 4.39 Å². The van der Waals surface area contributed by atoms with Crippen molar-refractivity contribution in [2.75, 3.05) is 18.0 Å². The third kappa shape index (κ3) is 2.19. The number of fused-ring (bicyclic) bond motifs is 1. The van der Waals surface area contributed by atoms with Gasteiger partial charge in [-0.2, -0.15) is 0 Å². The van der Waals surface area contributed by atoms with Gasteiger partial charge in [-0.25, -0.2) is 4.39 Å². The molecule has 1 aliphatic heterocycles. The zero-order valence-corrected chi connectivity index (χ0v) is 10.2. The SMILES string of the molecule is CC(C)(C)N1CCNCc2ccc(F)cc21. The molecule has 0 aromatic heterocycles. The number of anilines is 1. The molecule has 1 aromatic carbocycles. The number of benzene rings is 1. The van der Waals surface area contributed by atoms with Gasteiger partial charge in [-0.05, 0) is 38.5 Å². The van der Waals surface area contributed by atoms with Gasteiger partial charge >= 0.3 is 0 Å². The maximum Gasteiger partial charge on any atom is 0.125 e. The summed E-state index contributed by atoms with van der Waals surface area (Å²) in [5.74, 6) is -0.157. The highest BCUT2D eigenvalue weighted by atomic mass is 19.1. The molecule has 1 N–H and O–H groups in total. The highest BCUT2D eigenvalue weighted by Gasteiger charge is 2.25. The molecule has 3 heteroatoms. The van der Waals surface area contributed by atoms with Crippen LogP contribution in [0.4, 0.5) is 10.1 Å². The van der Waals surface area contributed by atoms with Gasteiger partial charge in [-0.1, -0.05) is 6.07 Å². The molecular weight excluding hydrogens is 203 g/mol. The van der Waals surface area contributed by atoms with Crippen molar-refractivity contribution in [3.63, 3.8) is 0 Å². The Bertz CT molecular complexity index is 382. The first-order valence-electron chi connectivity index (χ1n) is 5.75. The van der Waals surface area contributed by atoms with Crippen molar-refractivity contribution in [1.82, 2.24) is 5.32 Å². The summed E-state index contributed by atoms with van der Waals surface area (Å²) in [6.45, 7) is 9.16. The van der Waals surface area contributed by atoms with Gasteiger partial charge in [0.1, 0.15) is 5.82 Å². The second-order valence-electron chi connectivity index (χ2n) is 5.27. The molecule has 16 heavy (non-hydrogen) atoms. The Morgan fingerprint density at radius 1 is 1.31 bits per heavy atom. The molecule has 0 unspecified atom stereocenters. The van der Waals surface area contributed by atoms with Gasteiger partial charge in [0.25, 0.3) is 0 Å². The molecule has 0 radical (unpaired) electrons. The Kier molecular flexibility index (Phi) is 2.89. The van der Waals surface area contributed by atoms with Gasteiger partial charge in [-0.15, -0.1) is 0 Å². The number of rotatable bonds is 0. The summed E-state index contributed by atoms with van der Waals surface area (Å²) in [5, 5.41) is 3.36. The summed E-state index contributed by atoms with van der Waals surface area (Å²) in [5.41, 5.74) is 2.22. The van der Waals surface area contributed by atoms with Crippen LogP contribution < -0.4 is 10.2 Å². The lowest BCUT2D eigenvalue weighted by atomic mass is 10.0. The van der Waals surface area contributed by atoms with Gasteiger partial charge < -0.3 is 10.2 Å². The first-order valence-corrected chi connectivity index (χ1v) is 5.75.